The molecule has 1 aliphatic heterocycles. The lowest BCUT2D eigenvalue weighted by molar-refractivity contribution is -0.108. The zero-order chi connectivity index (χ0) is 29.3. The van der Waals surface area contributed by atoms with Crippen LogP contribution >= 0.6 is 11.6 Å². The number of rotatable bonds is 8. The Balaban J connectivity index is 1.46. The predicted octanol–water partition coefficient (Wildman–Crippen LogP) is 3.83. The van der Waals surface area contributed by atoms with Gasteiger partial charge in [-0.3, -0.25) is 4.90 Å². The fourth-order valence-corrected chi connectivity index (χ4v) is 7.25. The molecule has 6 atom stereocenters. The number of methoxy groups -OCH3 is 1. The highest BCUT2D eigenvalue weighted by molar-refractivity contribution is 6.30. The summed E-state index contributed by atoms with van der Waals surface area (Å²) in [5, 5.41) is 20.6. The van der Waals surface area contributed by atoms with E-state index >= 15 is 0 Å². The van der Waals surface area contributed by atoms with Gasteiger partial charge in [-0.05, 0) is 42.9 Å². The van der Waals surface area contributed by atoms with Gasteiger partial charge in [0.2, 0.25) is 0 Å². The number of fused-ring (bicyclic) bond motifs is 1. The largest absolute Gasteiger partial charge is 0.465 e. The minimum Gasteiger partial charge on any atom is -0.465 e. The molecule has 10 nitrogen and oxygen atoms in total. The summed E-state index contributed by atoms with van der Waals surface area (Å²) in [6.45, 7) is 4.79. The van der Waals surface area contributed by atoms with Crippen LogP contribution in [0.25, 0.3) is 0 Å². The van der Waals surface area contributed by atoms with Crippen LogP contribution in [0.2, 0.25) is 5.02 Å². The van der Waals surface area contributed by atoms with E-state index in [1.54, 1.807) is 13.2 Å². The molecule has 222 valence electrons. The van der Waals surface area contributed by atoms with E-state index < -0.39 is 30.0 Å². The van der Waals surface area contributed by atoms with Crippen molar-refractivity contribution in [1.82, 2.24) is 19.8 Å². The minimum atomic E-state index is -1.11. The molecule has 2 unspecified atom stereocenters. The Morgan fingerprint density at radius 3 is 2.66 bits per heavy atom. The first-order chi connectivity index (χ1) is 19.7. The molecule has 2 aromatic rings. The Bertz CT molecular complexity index is 1260. The van der Waals surface area contributed by atoms with Gasteiger partial charge in [0.25, 0.3) is 0 Å². The highest BCUT2D eigenvalue weighted by Gasteiger charge is 2.47. The van der Waals surface area contributed by atoms with Gasteiger partial charge in [-0.1, -0.05) is 24.6 Å². The van der Waals surface area contributed by atoms with Crippen molar-refractivity contribution in [1.29, 1.82) is 0 Å². The van der Waals surface area contributed by atoms with Crippen molar-refractivity contribution in [2.75, 3.05) is 44.7 Å². The van der Waals surface area contributed by atoms with Crippen LogP contribution in [0.3, 0.4) is 0 Å². The van der Waals surface area contributed by atoms with Crippen LogP contribution in [0.15, 0.2) is 24.5 Å². The Morgan fingerprint density at radius 2 is 2.00 bits per heavy atom. The highest BCUT2D eigenvalue weighted by atomic mass is 35.5. The number of nitrogens with zero attached hydrogens (tertiary/aromatic N) is 5. The molecule has 0 radical (unpaired) electrons. The summed E-state index contributed by atoms with van der Waals surface area (Å²) in [7, 11) is 1.66. The van der Waals surface area contributed by atoms with E-state index in [2.05, 4.69) is 26.7 Å². The molecular weight excluding hydrogens is 553 g/mol. The lowest BCUT2D eigenvalue weighted by Gasteiger charge is -2.52. The lowest BCUT2D eigenvalue weighted by atomic mass is 9.73. The average Bonchev–Trinajstić information content (AvgIpc) is 3.27. The molecule has 1 saturated carbocycles. The third-order valence-corrected chi connectivity index (χ3v) is 9.30. The summed E-state index contributed by atoms with van der Waals surface area (Å²) in [5.41, 5.74) is 2.36. The van der Waals surface area contributed by atoms with Gasteiger partial charge in [0.05, 0.1) is 22.9 Å². The first-order valence-electron chi connectivity index (χ1n) is 14.2. The van der Waals surface area contributed by atoms with Crippen molar-refractivity contribution >= 4 is 29.8 Å². The summed E-state index contributed by atoms with van der Waals surface area (Å²) in [6, 6.07) is 3.96. The van der Waals surface area contributed by atoms with Crippen LogP contribution < -0.4 is 4.90 Å². The Labute approximate surface area is 244 Å². The number of aliphatic hydroxyl groups is 1. The normalized spacial score (nSPS) is 28.4. The number of halogens is 2. The van der Waals surface area contributed by atoms with E-state index in [4.69, 9.17) is 16.3 Å². The number of hydrogen-bond acceptors (Lipinski definition) is 8. The summed E-state index contributed by atoms with van der Waals surface area (Å²) >= 11 is 6.03. The van der Waals surface area contributed by atoms with Crippen molar-refractivity contribution in [2.24, 2.45) is 0 Å². The van der Waals surface area contributed by atoms with Crippen molar-refractivity contribution in [2.45, 2.75) is 68.7 Å². The molecular formula is C29H37ClFN5O5. The molecule has 41 heavy (non-hydrogen) atoms. The van der Waals surface area contributed by atoms with E-state index in [1.165, 1.54) is 23.4 Å². The Kier molecular flexibility index (Phi) is 9.08. The van der Waals surface area contributed by atoms with Crippen molar-refractivity contribution < 1.29 is 28.9 Å². The zero-order valence-corrected chi connectivity index (χ0v) is 24.1. The smallest absolute Gasteiger partial charge is 0.407 e. The van der Waals surface area contributed by atoms with Gasteiger partial charge in [-0.25, -0.2) is 19.2 Å². The summed E-state index contributed by atoms with van der Waals surface area (Å²) in [4.78, 5) is 38.4. The van der Waals surface area contributed by atoms with Crippen LogP contribution in [-0.4, -0.2) is 100 Å². The van der Waals surface area contributed by atoms with Crippen LogP contribution in [0.5, 0.6) is 0 Å². The molecule has 2 aliphatic carbocycles. The number of carbonyl (C=O) groups excluding carboxylic acids is 1. The van der Waals surface area contributed by atoms with Gasteiger partial charge < -0.3 is 29.5 Å². The van der Waals surface area contributed by atoms with Gasteiger partial charge in [0.15, 0.2) is 0 Å². The summed E-state index contributed by atoms with van der Waals surface area (Å²) in [5.74, 6) is 0.0393. The molecule has 1 amide bonds. The van der Waals surface area contributed by atoms with Crippen molar-refractivity contribution in [3.05, 3.63) is 52.2 Å². The number of carbonyl (C=O) groups is 2. The molecule has 1 aromatic heterocycles. The first kappa shape index (κ1) is 29.6. The Morgan fingerprint density at radius 1 is 1.24 bits per heavy atom. The second-order valence-electron chi connectivity index (χ2n) is 11.2. The summed E-state index contributed by atoms with van der Waals surface area (Å²) < 4.78 is 20.8. The lowest BCUT2D eigenvalue weighted by Crippen LogP contribution is -2.62. The number of benzene rings is 1. The number of hydrogen-bond donors (Lipinski definition) is 2. The monoisotopic (exact) mass is 589 g/mol. The second kappa shape index (κ2) is 12.6. The number of piperazine rings is 1. The molecule has 2 heterocycles. The molecule has 0 spiro atoms. The van der Waals surface area contributed by atoms with E-state index in [9.17, 15) is 24.2 Å². The molecule has 12 heteroatoms. The standard InChI is InChI=1S/C29H37ClFN5O5/c1-17-14-22(38)26-24(17)28(33-16-32-26)35-11-9-34(10-12-35)27-23(41-2)7-6-21(36(29(39)40)8-3-13-37)25(27)18-4-5-19(30)20(31)15-18/h4-5,13,15-17,21-23,25,27,38H,3,6-12,14H2,1-2H3,(H,39,40)/t17-,21-,22-,23+,25?,27?/m1/s1. The predicted molar refractivity (Wildman–Crippen MR) is 151 cm³/mol. The van der Waals surface area contributed by atoms with Crippen molar-refractivity contribution in [3.8, 4) is 0 Å². The van der Waals surface area contributed by atoms with Crippen LogP contribution in [0, 0.1) is 5.82 Å². The number of ether oxygens (including phenoxy) is 1. The SMILES string of the molecule is CO[C@H]1CC[C@@H](N(CCC=O)C(=O)O)C(c2ccc(Cl)c(F)c2)C1N1CCN(c2ncnc3c2[C@H](C)C[C@H]3O)CC1. The van der Waals surface area contributed by atoms with Gasteiger partial charge >= 0.3 is 6.09 Å². The topological polar surface area (TPSA) is 119 Å². The third kappa shape index (κ3) is 5.77. The number of aldehydes is 1. The molecule has 2 N–H and O–H groups in total. The Hall–Kier alpha value is -2.86. The number of amides is 1. The first-order valence-corrected chi connectivity index (χ1v) is 14.6. The number of aromatic nitrogens is 2. The molecule has 1 saturated heterocycles. The minimum absolute atomic E-state index is 0.00217. The van der Waals surface area contributed by atoms with Gasteiger partial charge in [0.1, 0.15) is 24.2 Å². The second-order valence-corrected chi connectivity index (χ2v) is 11.6. The fraction of sp³-hybridized carbons (Fsp3) is 0.586. The van der Waals surface area contributed by atoms with Crippen LogP contribution in [0.4, 0.5) is 15.0 Å². The number of aliphatic hydroxyl groups excluding tert-OH is 1. The van der Waals surface area contributed by atoms with Crippen LogP contribution in [0.1, 0.15) is 67.4 Å². The molecule has 3 aliphatic rings. The summed E-state index contributed by atoms with van der Waals surface area (Å²) in [6.07, 6.45) is 2.18. The molecule has 0 bridgehead atoms. The quantitative estimate of drug-likeness (QED) is 0.443. The third-order valence-electron chi connectivity index (χ3n) is 8.99. The number of carboxylic acid groups (broad SMARTS) is 1. The zero-order valence-electron chi connectivity index (χ0n) is 23.3. The average molecular weight is 590 g/mol. The maximum atomic E-state index is 14.8. The fourth-order valence-electron chi connectivity index (χ4n) is 7.13. The maximum Gasteiger partial charge on any atom is 0.407 e. The van der Waals surface area contributed by atoms with E-state index in [1.807, 2.05) is 0 Å². The van der Waals surface area contributed by atoms with E-state index in [0.717, 1.165) is 11.4 Å². The molecule has 5 rings (SSSR count). The van der Waals surface area contributed by atoms with Crippen molar-refractivity contribution in [3.63, 3.8) is 0 Å². The van der Waals surface area contributed by atoms with Gasteiger partial charge in [0, 0.05) is 69.8 Å². The van der Waals surface area contributed by atoms with Crippen LogP contribution in [-0.2, 0) is 9.53 Å². The van der Waals surface area contributed by atoms with Gasteiger partial charge in [-0.2, -0.15) is 0 Å². The molecule has 2 fully saturated rings. The number of anilines is 1. The van der Waals surface area contributed by atoms with Gasteiger partial charge in [-0.15, -0.1) is 0 Å². The van der Waals surface area contributed by atoms with E-state index in [0.29, 0.717) is 63.0 Å². The maximum absolute atomic E-state index is 14.8. The highest BCUT2D eigenvalue weighted by Crippen LogP contribution is 2.44. The van der Waals surface area contributed by atoms with E-state index in [-0.39, 0.29) is 36.1 Å². The molecule has 1 aromatic carbocycles.